The minimum atomic E-state index is -0.926. The van der Waals surface area contributed by atoms with E-state index in [2.05, 4.69) is 10.2 Å². The molecule has 1 saturated heterocycles. The van der Waals surface area contributed by atoms with E-state index in [9.17, 15) is 19.5 Å². The smallest absolute Gasteiger partial charge is 0.272 e. The van der Waals surface area contributed by atoms with E-state index in [1.807, 2.05) is 0 Å². The van der Waals surface area contributed by atoms with Gasteiger partial charge in [0.1, 0.15) is 11.4 Å². The molecule has 2 atom stereocenters. The number of aliphatic hydroxyl groups is 1. The SMILES string of the molecule is O=C1CC(C(=O)N2CCN(C(=O)c3ccn[nH]3)CC(O)C2)Oc2ccccc21. The summed E-state index contributed by atoms with van der Waals surface area (Å²) < 4.78 is 5.74. The predicted octanol–water partition coefficient (Wildman–Crippen LogP) is 0.0890. The zero-order chi connectivity index (χ0) is 19.7. The third kappa shape index (κ3) is 3.48. The summed E-state index contributed by atoms with van der Waals surface area (Å²) >= 11 is 0. The van der Waals surface area contributed by atoms with Crippen LogP contribution in [-0.4, -0.2) is 81.1 Å². The molecule has 1 aromatic carbocycles. The molecule has 0 spiro atoms. The second-order valence-electron chi connectivity index (χ2n) is 6.89. The van der Waals surface area contributed by atoms with Gasteiger partial charge in [-0.25, -0.2) is 0 Å². The molecule has 0 aliphatic carbocycles. The number of ether oxygens (including phenoxy) is 1. The number of aliphatic hydroxyl groups excluding tert-OH is 1. The van der Waals surface area contributed by atoms with Crippen LogP contribution in [-0.2, 0) is 4.79 Å². The Bertz CT molecular complexity index is 897. The Kier molecular flexibility index (Phi) is 4.82. The molecule has 1 aromatic heterocycles. The highest BCUT2D eigenvalue weighted by molar-refractivity contribution is 6.03. The number of hydrogen-bond acceptors (Lipinski definition) is 6. The molecular formula is C19H20N4O5. The average Bonchev–Trinajstić information content (AvgIpc) is 3.16. The summed E-state index contributed by atoms with van der Waals surface area (Å²) in [5.41, 5.74) is 0.795. The number of Topliss-reactive ketones (excluding diaryl/α,β-unsaturated/α-hetero) is 1. The first kappa shape index (κ1) is 18.2. The van der Waals surface area contributed by atoms with Crippen molar-refractivity contribution in [3.63, 3.8) is 0 Å². The van der Waals surface area contributed by atoms with E-state index in [1.54, 1.807) is 30.3 Å². The molecule has 4 rings (SSSR count). The van der Waals surface area contributed by atoms with Gasteiger partial charge >= 0.3 is 0 Å². The normalized spacial score (nSPS) is 22.2. The minimum Gasteiger partial charge on any atom is -0.479 e. The molecule has 0 bridgehead atoms. The summed E-state index contributed by atoms with van der Waals surface area (Å²) in [6.07, 6.45) is -0.388. The lowest BCUT2D eigenvalue weighted by Gasteiger charge is -2.29. The third-order valence-corrected chi connectivity index (χ3v) is 4.94. The van der Waals surface area contributed by atoms with Gasteiger partial charge in [-0.05, 0) is 18.2 Å². The first-order chi connectivity index (χ1) is 13.5. The van der Waals surface area contributed by atoms with Gasteiger partial charge in [0.05, 0.1) is 18.1 Å². The van der Waals surface area contributed by atoms with Crippen LogP contribution in [0.3, 0.4) is 0 Å². The van der Waals surface area contributed by atoms with Gasteiger partial charge in [-0.15, -0.1) is 0 Å². The van der Waals surface area contributed by atoms with E-state index in [4.69, 9.17) is 4.74 Å². The molecular weight excluding hydrogens is 364 g/mol. The fourth-order valence-electron chi connectivity index (χ4n) is 3.53. The van der Waals surface area contributed by atoms with Gasteiger partial charge in [-0.2, -0.15) is 5.10 Å². The Labute approximate surface area is 160 Å². The van der Waals surface area contributed by atoms with Crippen LogP contribution < -0.4 is 4.74 Å². The van der Waals surface area contributed by atoms with Crippen molar-refractivity contribution in [2.45, 2.75) is 18.6 Å². The van der Waals surface area contributed by atoms with Crippen LogP contribution in [0.1, 0.15) is 27.3 Å². The van der Waals surface area contributed by atoms with Gasteiger partial charge in [-0.1, -0.05) is 12.1 Å². The van der Waals surface area contributed by atoms with E-state index in [-0.39, 0.29) is 50.2 Å². The van der Waals surface area contributed by atoms with Crippen molar-refractivity contribution in [3.8, 4) is 5.75 Å². The maximum Gasteiger partial charge on any atom is 0.272 e. The number of rotatable bonds is 2. The van der Waals surface area contributed by atoms with Gasteiger partial charge in [0, 0.05) is 32.4 Å². The molecule has 3 heterocycles. The number of aromatic nitrogens is 2. The third-order valence-electron chi connectivity index (χ3n) is 4.94. The maximum absolute atomic E-state index is 12.9. The van der Waals surface area contributed by atoms with Gasteiger partial charge < -0.3 is 19.6 Å². The van der Waals surface area contributed by atoms with Crippen LogP contribution in [0.5, 0.6) is 5.75 Å². The summed E-state index contributed by atoms with van der Waals surface area (Å²) in [6.45, 7) is 0.680. The maximum atomic E-state index is 12.9. The zero-order valence-electron chi connectivity index (χ0n) is 15.1. The Hall–Kier alpha value is -3.20. The van der Waals surface area contributed by atoms with Gasteiger partial charge in [0.2, 0.25) is 0 Å². The number of para-hydroxylation sites is 1. The molecule has 2 unspecified atom stereocenters. The monoisotopic (exact) mass is 384 g/mol. The van der Waals surface area contributed by atoms with Crippen molar-refractivity contribution >= 4 is 17.6 Å². The van der Waals surface area contributed by atoms with Gasteiger partial charge in [-0.3, -0.25) is 19.5 Å². The van der Waals surface area contributed by atoms with E-state index in [0.717, 1.165) is 0 Å². The lowest BCUT2D eigenvalue weighted by atomic mass is 10.00. The number of β-amino-alcohol motifs (C(OH)–C–C–N with tert-alkyl or cyclic N) is 1. The van der Waals surface area contributed by atoms with Crippen LogP contribution >= 0.6 is 0 Å². The number of H-pyrrole nitrogens is 1. The number of hydrogen-bond donors (Lipinski definition) is 2. The highest BCUT2D eigenvalue weighted by atomic mass is 16.5. The molecule has 1 fully saturated rings. The zero-order valence-corrected chi connectivity index (χ0v) is 15.1. The molecule has 9 nitrogen and oxygen atoms in total. The van der Waals surface area contributed by atoms with Crippen LogP contribution in [0.25, 0.3) is 0 Å². The number of nitrogens with zero attached hydrogens (tertiary/aromatic N) is 3. The molecule has 9 heteroatoms. The Morgan fingerprint density at radius 2 is 1.89 bits per heavy atom. The van der Waals surface area contributed by atoms with Crippen LogP contribution in [0.2, 0.25) is 0 Å². The summed E-state index contributed by atoms with van der Waals surface area (Å²) in [5.74, 6) is -0.406. The number of nitrogens with one attached hydrogen (secondary N) is 1. The summed E-state index contributed by atoms with van der Waals surface area (Å²) in [4.78, 5) is 40.7. The molecule has 2 aromatic rings. The van der Waals surface area contributed by atoms with Gasteiger partial charge in [0.15, 0.2) is 11.9 Å². The number of benzene rings is 1. The van der Waals surface area contributed by atoms with Crippen LogP contribution in [0.4, 0.5) is 0 Å². The van der Waals surface area contributed by atoms with E-state index in [1.165, 1.54) is 16.0 Å². The second-order valence-corrected chi connectivity index (χ2v) is 6.89. The number of carbonyl (C=O) groups is 3. The Balaban J connectivity index is 1.45. The Morgan fingerprint density at radius 3 is 2.68 bits per heavy atom. The first-order valence-electron chi connectivity index (χ1n) is 9.07. The van der Waals surface area contributed by atoms with Crippen molar-refractivity contribution in [2.75, 3.05) is 26.2 Å². The van der Waals surface area contributed by atoms with Crippen molar-refractivity contribution in [2.24, 2.45) is 0 Å². The van der Waals surface area contributed by atoms with Crippen molar-refractivity contribution in [1.29, 1.82) is 0 Å². The topological polar surface area (TPSA) is 116 Å². The molecule has 2 aliphatic heterocycles. The van der Waals surface area contributed by atoms with E-state index < -0.39 is 12.2 Å². The van der Waals surface area contributed by atoms with E-state index in [0.29, 0.717) is 17.0 Å². The summed E-state index contributed by atoms with van der Waals surface area (Å²) in [7, 11) is 0. The first-order valence-corrected chi connectivity index (χ1v) is 9.07. The quantitative estimate of drug-likeness (QED) is 0.758. The standard InChI is InChI=1S/C19H20N4O5/c24-12-10-22(18(26)14-5-6-20-21-14)7-8-23(11-12)19(27)17-9-15(25)13-3-1-2-4-16(13)28-17/h1-6,12,17,24H,7-11H2,(H,20,21). The Morgan fingerprint density at radius 1 is 1.14 bits per heavy atom. The average molecular weight is 384 g/mol. The molecule has 2 aliphatic rings. The number of aromatic amines is 1. The van der Waals surface area contributed by atoms with Crippen molar-refractivity contribution < 1.29 is 24.2 Å². The highest BCUT2D eigenvalue weighted by Gasteiger charge is 2.36. The van der Waals surface area contributed by atoms with E-state index >= 15 is 0 Å². The second kappa shape index (κ2) is 7.43. The summed E-state index contributed by atoms with van der Waals surface area (Å²) in [6, 6.07) is 8.38. The number of ketones is 1. The molecule has 2 amide bonds. The van der Waals surface area contributed by atoms with Crippen molar-refractivity contribution in [1.82, 2.24) is 20.0 Å². The number of fused-ring (bicyclic) bond motifs is 1. The minimum absolute atomic E-state index is 0.0424. The largest absolute Gasteiger partial charge is 0.479 e. The van der Waals surface area contributed by atoms with Crippen LogP contribution in [0.15, 0.2) is 36.5 Å². The number of carbonyl (C=O) groups excluding carboxylic acids is 3. The molecule has 28 heavy (non-hydrogen) atoms. The van der Waals surface area contributed by atoms with Crippen LogP contribution in [0, 0.1) is 0 Å². The fourth-order valence-corrected chi connectivity index (χ4v) is 3.53. The highest BCUT2D eigenvalue weighted by Crippen LogP contribution is 2.28. The van der Waals surface area contributed by atoms with Crippen molar-refractivity contribution in [3.05, 3.63) is 47.8 Å². The van der Waals surface area contributed by atoms with Gasteiger partial charge in [0.25, 0.3) is 11.8 Å². The molecule has 2 N–H and O–H groups in total. The lowest BCUT2D eigenvalue weighted by molar-refractivity contribution is -0.139. The molecule has 146 valence electrons. The summed E-state index contributed by atoms with van der Waals surface area (Å²) in [5, 5.41) is 16.7. The number of amides is 2. The lowest BCUT2D eigenvalue weighted by Crippen LogP contribution is -2.47. The molecule has 0 radical (unpaired) electrons. The molecule has 0 saturated carbocycles. The predicted molar refractivity (Wildman–Crippen MR) is 96.9 cm³/mol. The fraction of sp³-hybridized carbons (Fsp3) is 0.368.